The minimum Gasteiger partial charge on any atom is -0.385 e. The van der Waals surface area contributed by atoms with Crippen molar-refractivity contribution in [2.75, 3.05) is 47.1 Å². The first-order chi connectivity index (χ1) is 11.6. The zero-order valence-corrected chi connectivity index (χ0v) is 15.1. The van der Waals surface area contributed by atoms with E-state index in [-0.39, 0.29) is 23.9 Å². The largest absolute Gasteiger partial charge is 0.385 e. The van der Waals surface area contributed by atoms with Crippen molar-refractivity contribution in [3.63, 3.8) is 0 Å². The van der Waals surface area contributed by atoms with Crippen molar-refractivity contribution in [2.24, 2.45) is 5.92 Å². The lowest BCUT2D eigenvalue weighted by molar-refractivity contribution is -0.138. The molecule has 2 unspecified atom stereocenters. The molecule has 0 bridgehead atoms. The highest BCUT2D eigenvalue weighted by Crippen LogP contribution is 2.25. The Morgan fingerprint density at radius 2 is 1.71 bits per heavy atom. The minimum atomic E-state index is -0.187. The molecule has 2 aliphatic rings. The topological polar surface area (TPSA) is 71.1 Å². The monoisotopic (exact) mass is 341 g/mol. The summed E-state index contributed by atoms with van der Waals surface area (Å²) in [5, 5.41) is 3.44. The number of hydrogen-bond donors (Lipinski definition) is 1. The molecule has 0 radical (unpaired) electrons. The van der Waals surface area contributed by atoms with Gasteiger partial charge < -0.3 is 19.7 Å². The number of imide groups is 1. The SMILES string of the molecule is COCCCN1C(=O)C(CNC2CC2)C(C)N(CCCOC)C1=O. The van der Waals surface area contributed by atoms with Gasteiger partial charge in [-0.25, -0.2) is 4.79 Å². The quantitative estimate of drug-likeness (QED) is 0.570. The number of carbonyl (C=O) groups is 2. The Hall–Kier alpha value is -1.18. The summed E-state index contributed by atoms with van der Waals surface area (Å²) in [7, 11) is 3.28. The number of nitrogens with zero attached hydrogens (tertiary/aromatic N) is 2. The Morgan fingerprint density at radius 1 is 1.08 bits per heavy atom. The summed E-state index contributed by atoms with van der Waals surface area (Å²) in [6.45, 7) is 4.80. The molecule has 1 heterocycles. The average Bonchev–Trinajstić information content (AvgIpc) is 3.38. The van der Waals surface area contributed by atoms with Crippen LogP contribution in [0.3, 0.4) is 0 Å². The van der Waals surface area contributed by atoms with Crippen LogP contribution in [-0.2, 0) is 14.3 Å². The summed E-state index contributed by atoms with van der Waals surface area (Å²) in [6.07, 6.45) is 3.80. The summed E-state index contributed by atoms with van der Waals surface area (Å²) in [6, 6.07) is 0.278. The van der Waals surface area contributed by atoms with Crippen LogP contribution in [0.1, 0.15) is 32.6 Å². The molecule has 1 saturated carbocycles. The lowest BCUT2D eigenvalue weighted by atomic mass is 9.95. The average molecular weight is 341 g/mol. The summed E-state index contributed by atoms with van der Waals surface area (Å²) in [5.41, 5.74) is 0. The third-order valence-corrected chi connectivity index (χ3v) is 4.82. The highest BCUT2D eigenvalue weighted by atomic mass is 16.5. The van der Waals surface area contributed by atoms with Crippen LogP contribution in [-0.4, -0.2) is 80.9 Å². The first-order valence-electron chi connectivity index (χ1n) is 8.93. The summed E-state index contributed by atoms with van der Waals surface area (Å²) < 4.78 is 10.2. The fraction of sp³-hybridized carbons (Fsp3) is 0.882. The molecule has 24 heavy (non-hydrogen) atoms. The number of rotatable bonds is 11. The molecular formula is C17H31N3O4. The van der Waals surface area contributed by atoms with Gasteiger partial charge in [-0.2, -0.15) is 0 Å². The van der Waals surface area contributed by atoms with Gasteiger partial charge in [-0.05, 0) is 32.6 Å². The Labute approximate surface area is 144 Å². The Morgan fingerprint density at radius 3 is 2.29 bits per heavy atom. The van der Waals surface area contributed by atoms with Crippen LogP contribution in [0.15, 0.2) is 0 Å². The van der Waals surface area contributed by atoms with E-state index in [1.54, 1.807) is 14.2 Å². The molecule has 138 valence electrons. The normalized spacial score (nSPS) is 24.8. The van der Waals surface area contributed by atoms with Gasteiger partial charge in [-0.3, -0.25) is 9.69 Å². The highest BCUT2D eigenvalue weighted by Gasteiger charge is 2.43. The molecule has 7 nitrogen and oxygen atoms in total. The molecule has 3 amide bonds. The van der Waals surface area contributed by atoms with Crippen LogP contribution < -0.4 is 5.32 Å². The van der Waals surface area contributed by atoms with E-state index in [1.165, 1.54) is 17.7 Å². The van der Waals surface area contributed by atoms with Crippen LogP contribution in [0.4, 0.5) is 4.79 Å². The molecule has 1 N–H and O–H groups in total. The van der Waals surface area contributed by atoms with E-state index < -0.39 is 0 Å². The van der Waals surface area contributed by atoms with E-state index in [2.05, 4.69) is 5.32 Å². The fourth-order valence-electron chi connectivity index (χ4n) is 3.14. The van der Waals surface area contributed by atoms with Gasteiger partial charge in [0.15, 0.2) is 0 Å². The summed E-state index contributed by atoms with van der Waals surface area (Å²) >= 11 is 0. The van der Waals surface area contributed by atoms with E-state index in [0.717, 1.165) is 6.42 Å². The maximum absolute atomic E-state index is 12.8. The van der Waals surface area contributed by atoms with Crippen LogP contribution in [0.2, 0.25) is 0 Å². The van der Waals surface area contributed by atoms with Crippen molar-refractivity contribution in [3.05, 3.63) is 0 Å². The molecule has 2 atom stereocenters. The van der Waals surface area contributed by atoms with Crippen molar-refractivity contribution >= 4 is 11.9 Å². The molecule has 2 rings (SSSR count). The predicted molar refractivity (Wildman–Crippen MR) is 90.8 cm³/mol. The second-order valence-electron chi connectivity index (χ2n) is 6.69. The van der Waals surface area contributed by atoms with Gasteiger partial charge in [-0.1, -0.05) is 0 Å². The number of hydrogen-bond acceptors (Lipinski definition) is 5. The van der Waals surface area contributed by atoms with Crippen LogP contribution in [0, 0.1) is 5.92 Å². The van der Waals surface area contributed by atoms with Gasteiger partial charge in [0.1, 0.15) is 0 Å². The van der Waals surface area contributed by atoms with Gasteiger partial charge in [-0.15, -0.1) is 0 Å². The van der Waals surface area contributed by atoms with Crippen LogP contribution in [0.5, 0.6) is 0 Å². The van der Waals surface area contributed by atoms with E-state index in [4.69, 9.17) is 9.47 Å². The van der Waals surface area contributed by atoms with E-state index in [0.29, 0.717) is 45.3 Å². The molecule has 0 spiro atoms. The second-order valence-corrected chi connectivity index (χ2v) is 6.69. The van der Waals surface area contributed by atoms with Crippen molar-refractivity contribution in [3.8, 4) is 0 Å². The van der Waals surface area contributed by atoms with Gasteiger partial charge in [0.25, 0.3) is 0 Å². The maximum atomic E-state index is 12.8. The molecule has 1 aliphatic carbocycles. The molecule has 0 aromatic carbocycles. The Balaban J connectivity index is 2.03. The number of carbonyl (C=O) groups excluding carboxylic acids is 2. The van der Waals surface area contributed by atoms with Crippen molar-refractivity contribution in [1.29, 1.82) is 0 Å². The second kappa shape index (κ2) is 9.34. The lowest BCUT2D eigenvalue weighted by Gasteiger charge is -2.43. The molecular weight excluding hydrogens is 310 g/mol. The smallest absolute Gasteiger partial charge is 0.326 e. The summed E-state index contributed by atoms with van der Waals surface area (Å²) in [5.74, 6) is -0.242. The molecule has 2 fully saturated rings. The predicted octanol–water partition coefficient (Wildman–Crippen LogP) is 1.08. The summed E-state index contributed by atoms with van der Waals surface area (Å²) in [4.78, 5) is 28.8. The Kier molecular flexibility index (Phi) is 7.45. The third kappa shape index (κ3) is 4.91. The standard InChI is InChI=1S/C17H31N3O4/c1-13-15(12-18-14-6-7-14)16(21)20(9-5-11-24-3)17(22)19(13)8-4-10-23-2/h13-15,18H,4-12H2,1-3H3. The number of nitrogens with one attached hydrogen (secondary N) is 1. The zero-order chi connectivity index (χ0) is 17.5. The van der Waals surface area contributed by atoms with Crippen molar-refractivity contribution < 1.29 is 19.1 Å². The first-order valence-corrected chi connectivity index (χ1v) is 8.93. The molecule has 1 saturated heterocycles. The van der Waals surface area contributed by atoms with Crippen LogP contribution in [0.25, 0.3) is 0 Å². The maximum Gasteiger partial charge on any atom is 0.326 e. The lowest BCUT2D eigenvalue weighted by Crippen LogP contribution is -2.63. The minimum absolute atomic E-state index is 0.0558. The van der Waals surface area contributed by atoms with Gasteiger partial charge >= 0.3 is 6.03 Å². The van der Waals surface area contributed by atoms with Gasteiger partial charge in [0.2, 0.25) is 5.91 Å². The zero-order valence-electron chi connectivity index (χ0n) is 15.1. The van der Waals surface area contributed by atoms with E-state index in [9.17, 15) is 9.59 Å². The first kappa shape index (κ1) is 19.1. The van der Waals surface area contributed by atoms with Gasteiger partial charge in [0, 0.05) is 59.2 Å². The highest BCUT2D eigenvalue weighted by molar-refractivity contribution is 5.98. The van der Waals surface area contributed by atoms with Crippen molar-refractivity contribution in [1.82, 2.24) is 15.1 Å². The molecule has 0 aromatic heterocycles. The van der Waals surface area contributed by atoms with E-state index >= 15 is 0 Å². The molecule has 1 aliphatic heterocycles. The Bertz CT molecular complexity index is 428. The fourth-order valence-corrected chi connectivity index (χ4v) is 3.14. The van der Waals surface area contributed by atoms with Gasteiger partial charge in [0.05, 0.1) is 5.92 Å². The number of urea groups is 1. The van der Waals surface area contributed by atoms with Crippen molar-refractivity contribution in [2.45, 2.75) is 44.7 Å². The molecule has 7 heteroatoms. The van der Waals surface area contributed by atoms with Crippen LogP contribution >= 0.6 is 0 Å². The molecule has 0 aromatic rings. The number of amides is 3. The number of methoxy groups -OCH3 is 2. The third-order valence-electron chi connectivity index (χ3n) is 4.82. The van der Waals surface area contributed by atoms with E-state index in [1.807, 2.05) is 11.8 Å². The number of ether oxygens (including phenoxy) is 2.